The van der Waals surface area contributed by atoms with Crippen molar-refractivity contribution in [2.24, 2.45) is 5.92 Å². The zero-order chi connectivity index (χ0) is 22.6. The third-order valence-corrected chi connectivity index (χ3v) is 8.52. The van der Waals surface area contributed by atoms with Gasteiger partial charge in [-0.05, 0) is 19.1 Å². The second-order valence-electron chi connectivity index (χ2n) is 9.31. The van der Waals surface area contributed by atoms with Crippen LogP contribution in [0.3, 0.4) is 0 Å². The summed E-state index contributed by atoms with van der Waals surface area (Å²) in [4.78, 5) is 20.4. The molecule has 4 aliphatic rings. The molecule has 3 aromatic rings. The van der Waals surface area contributed by atoms with E-state index in [0.29, 0.717) is 27.4 Å². The molecular weight excluding hydrogens is 448 g/mol. The highest BCUT2D eigenvalue weighted by Gasteiger charge is 2.72. The van der Waals surface area contributed by atoms with Crippen LogP contribution in [0.5, 0.6) is 5.75 Å². The highest BCUT2D eigenvalue weighted by Crippen LogP contribution is 2.58. The van der Waals surface area contributed by atoms with Crippen LogP contribution in [-0.4, -0.2) is 48.2 Å². The van der Waals surface area contributed by atoms with Crippen molar-refractivity contribution >= 4 is 38.8 Å². The van der Waals surface area contributed by atoms with E-state index in [0.717, 1.165) is 17.6 Å². The first-order valence-corrected chi connectivity index (χ1v) is 11.9. The fourth-order valence-electron chi connectivity index (χ4n) is 5.78. The van der Waals surface area contributed by atoms with E-state index in [1.165, 1.54) is 17.4 Å². The summed E-state index contributed by atoms with van der Waals surface area (Å²) in [5.74, 6) is -0.864. The number of nitrogens with one attached hydrogen (secondary N) is 2. The maximum absolute atomic E-state index is 15.3. The molecule has 170 valence electrons. The van der Waals surface area contributed by atoms with Crippen LogP contribution in [0.25, 0.3) is 10.2 Å². The Morgan fingerprint density at radius 1 is 1.39 bits per heavy atom. The van der Waals surface area contributed by atoms with Crippen molar-refractivity contribution < 1.29 is 18.3 Å². The van der Waals surface area contributed by atoms with Crippen LogP contribution in [0, 0.1) is 24.5 Å². The number of carbonyl (C=O) groups is 1. The number of nitrogens with zero attached hydrogens (tertiary/aromatic N) is 2. The first-order chi connectivity index (χ1) is 15.9. The van der Waals surface area contributed by atoms with Crippen molar-refractivity contribution in [2.75, 3.05) is 23.8 Å². The molecule has 1 aliphatic carbocycles. The van der Waals surface area contributed by atoms with Crippen LogP contribution in [0.15, 0.2) is 18.2 Å². The Balaban J connectivity index is 1.13. The van der Waals surface area contributed by atoms with Gasteiger partial charge in [-0.2, -0.15) is 0 Å². The van der Waals surface area contributed by atoms with E-state index in [9.17, 15) is 4.79 Å². The number of benzene rings is 1. The van der Waals surface area contributed by atoms with E-state index < -0.39 is 17.7 Å². The molecule has 0 bridgehead atoms. The maximum atomic E-state index is 15.3. The highest BCUT2D eigenvalue weighted by atomic mass is 32.1. The molecule has 1 aromatic carbocycles. The van der Waals surface area contributed by atoms with E-state index in [-0.39, 0.29) is 48.0 Å². The number of nitrogens with two attached hydrogens (primary N) is 1. The zero-order valence-corrected chi connectivity index (χ0v) is 18.5. The van der Waals surface area contributed by atoms with Gasteiger partial charge in [0.15, 0.2) is 11.6 Å². The smallest absolute Gasteiger partial charge is 0.263 e. The van der Waals surface area contributed by atoms with E-state index in [1.54, 1.807) is 0 Å². The number of halogens is 2. The predicted molar refractivity (Wildman–Crippen MR) is 121 cm³/mol. The van der Waals surface area contributed by atoms with Crippen molar-refractivity contribution in [1.82, 2.24) is 15.6 Å². The van der Waals surface area contributed by atoms with Crippen LogP contribution < -0.4 is 26.0 Å². The Bertz CT molecular complexity index is 1360. The van der Waals surface area contributed by atoms with Gasteiger partial charge in [-0.3, -0.25) is 4.79 Å². The Hall–Kier alpha value is -2.98. The average molecular weight is 470 g/mol. The van der Waals surface area contributed by atoms with Crippen molar-refractivity contribution in [3.8, 4) is 5.75 Å². The molecule has 1 amide bonds. The molecule has 3 aliphatic heterocycles. The number of ether oxygens (including phenoxy) is 1. The van der Waals surface area contributed by atoms with Gasteiger partial charge in [0.2, 0.25) is 0 Å². The lowest BCUT2D eigenvalue weighted by Gasteiger charge is -2.43. The number of nitrogen functional groups attached to an aromatic ring is 1. The van der Waals surface area contributed by atoms with Crippen LogP contribution in [0.2, 0.25) is 0 Å². The summed E-state index contributed by atoms with van der Waals surface area (Å²) in [5, 5.41) is 7.00. The highest BCUT2D eigenvalue weighted by molar-refractivity contribution is 7.21. The van der Waals surface area contributed by atoms with Crippen molar-refractivity contribution in [1.29, 1.82) is 0 Å². The number of hydrogen-bond donors (Lipinski definition) is 3. The number of fused-ring (bicyclic) bond motifs is 3. The number of aryl methyl sites for hydroxylation is 1. The van der Waals surface area contributed by atoms with Gasteiger partial charge in [-0.1, -0.05) is 0 Å². The second-order valence-corrected chi connectivity index (χ2v) is 10.3. The van der Waals surface area contributed by atoms with Crippen LogP contribution in [0.1, 0.15) is 20.9 Å². The number of rotatable bonds is 3. The molecule has 7 rings (SSSR count). The Morgan fingerprint density at radius 3 is 3.00 bits per heavy atom. The summed E-state index contributed by atoms with van der Waals surface area (Å²) >= 11 is 1.22. The Labute approximate surface area is 191 Å². The number of thiophene rings is 1. The van der Waals surface area contributed by atoms with Gasteiger partial charge in [0.25, 0.3) is 5.91 Å². The fraction of sp³-hybridized carbons (Fsp3) is 0.391. The van der Waals surface area contributed by atoms with Crippen LogP contribution in [0.4, 0.5) is 20.2 Å². The topological polar surface area (TPSA) is 92.5 Å². The van der Waals surface area contributed by atoms with Gasteiger partial charge in [-0.15, -0.1) is 11.3 Å². The molecule has 2 aromatic heterocycles. The summed E-state index contributed by atoms with van der Waals surface area (Å²) in [7, 11) is 0. The van der Waals surface area contributed by atoms with Crippen molar-refractivity contribution in [3.63, 3.8) is 0 Å². The molecular formula is C23H21F2N5O2S. The molecule has 2 saturated heterocycles. The van der Waals surface area contributed by atoms with Gasteiger partial charge in [0.1, 0.15) is 22.1 Å². The van der Waals surface area contributed by atoms with Crippen molar-refractivity contribution in [2.45, 2.75) is 37.5 Å². The molecule has 5 heterocycles. The molecule has 3 fully saturated rings. The SMILES string of the molecule is Cc1ccc2c(N)c(C(=O)N[C@H]3COc4c(F)c(N5C6CN[C@H]7C6C75)cc(F)c4C3)sc2n1. The quantitative estimate of drug-likeness (QED) is 0.546. The third kappa shape index (κ3) is 2.61. The first kappa shape index (κ1) is 19.5. The number of aromatic nitrogens is 1. The molecule has 4 N–H and O–H groups in total. The van der Waals surface area contributed by atoms with Crippen LogP contribution >= 0.6 is 11.3 Å². The van der Waals surface area contributed by atoms with Gasteiger partial charge in [0.05, 0.1) is 23.5 Å². The van der Waals surface area contributed by atoms with E-state index in [1.807, 2.05) is 24.0 Å². The van der Waals surface area contributed by atoms with E-state index in [2.05, 4.69) is 15.6 Å². The summed E-state index contributed by atoms with van der Waals surface area (Å²) in [5.41, 5.74) is 7.83. The third-order valence-electron chi connectivity index (χ3n) is 7.40. The number of anilines is 2. The number of carbonyl (C=O) groups excluding carboxylic acids is 1. The molecule has 33 heavy (non-hydrogen) atoms. The molecule has 10 heteroatoms. The largest absolute Gasteiger partial charge is 0.488 e. The molecule has 3 unspecified atom stereocenters. The predicted octanol–water partition coefficient (Wildman–Crippen LogP) is 2.36. The minimum Gasteiger partial charge on any atom is -0.488 e. The molecule has 0 radical (unpaired) electrons. The van der Waals surface area contributed by atoms with E-state index >= 15 is 8.78 Å². The lowest BCUT2D eigenvalue weighted by Crippen LogP contribution is -2.56. The van der Waals surface area contributed by atoms with Gasteiger partial charge < -0.3 is 26.0 Å². The Morgan fingerprint density at radius 2 is 2.24 bits per heavy atom. The normalized spacial score (nSPS) is 28.7. The summed E-state index contributed by atoms with van der Waals surface area (Å²) in [6.07, 6.45) is 0.145. The minimum atomic E-state index is -0.512. The second kappa shape index (κ2) is 6.54. The number of piperazine rings is 1. The lowest BCUT2D eigenvalue weighted by molar-refractivity contribution is 0.0918. The van der Waals surface area contributed by atoms with Crippen molar-refractivity contribution in [3.05, 3.63) is 46.0 Å². The monoisotopic (exact) mass is 469 g/mol. The van der Waals surface area contributed by atoms with Gasteiger partial charge in [-0.25, -0.2) is 13.8 Å². The summed E-state index contributed by atoms with van der Waals surface area (Å²) in [6.45, 7) is 2.73. The number of pyridine rings is 1. The van der Waals surface area contributed by atoms with Crippen LogP contribution in [-0.2, 0) is 6.42 Å². The number of hydrogen-bond acceptors (Lipinski definition) is 7. The maximum Gasteiger partial charge on any atom is 0.263 e. The molecule has 5 atom stereocenters. The summed E-state index contributed by atoms with van der Waals surface area (Å²) < 4.78 is 36.0. The van der Waals surface area contributed by atoms with Gasteiger partial charge in [0, 0.05) is 53.7 Å². The minimum absolute atomic E-state index is 0.0375. The van der Waals surface area contributed by atoms with Gasteiger partial charge >= 0.3 is 0 Å². The molecule has 0 spiro atoms. The first-order valence-electron chi connectivity index (χ1n) is 11.0. The zero-order valence-electron chi connectivity index (χ0n) is 17.7. The van der Waals surface area contributed by atoms with E-state index in [4.69, 9.17) is 10.5 Å². The molecule has 7 nitrogen and oxygen atoms in total. The summed E-state index contributed by atoms with van der Waals surface area (Å²) in [6, 6.07) is 5.36. The Kier molecular flexibility index (Phi) is 3.86. The lowest BCUT2D eigenvalue weighted by atomic mass is 9.97. The average Bonchev–Trinajstić information content (AvgIpc) is 3.06. The number of amides is 1. The fourth-order valence-corrected chi connectivity index (χ4v) is 6.83. The standard InChI is InChI=1S/C23H21F2N5O2S/c1-8-2-3-10-17(26)21(33-23(10)28-8)22(31)29-9-4-11-12(24)5-13(16(25)20(11)32-7-9)30-14-6-27-18-15(14)19(18)30/h2-3,5,9,14-15,18-19,27H,4,6-7,26H2,1H3,(H,29,31)/t9-,14?,15?,18+,19?/m1/s1. The number of piperidine rings is 1. The molecule has 1 saturated carbocycles.